The molecule has 1 saturated carbocycles. The number of rotatable bonds is 4. The number of carboxylic acids is 1. The molecule has 20 heavy (non-hydrogen) atoms. The van der Waals surface area contributed by atoms with Gasteiger partial charge >= 0.3 is 12.1 Å². The van der Waals surface area contributed by atoms with Crippen molar-refractivity contribution < 1.29 is 23.1 Å². The normalized spacial score (nSPS) is 35.6. The molecule has 1 aliphatic carbocycles. The summed E-state index contributed by atoms with van der Waals surface area (Å²) in [4.78, 5) is 13.2. The van der Waals surface area contributed by atoms with Crippen LogP contribution < -0.4 is 5.32 Å². The van der Waals surface area contributed by atoms with Crippen LogP contribution in [0.25, 0.3) is 0 Å². The Hall–Kier alpha value is -0.820. The second kappa shape index (κ2) is 5.89. The van der Waals surface area contributed by atoms with Gasteiger partial charge in [0.05, 0.1) is 12.5 Å². The highest BCUT2D eigenvalue weighted by Crippen LogP contribution is 2.34. The molecule has 4 nitrogen and oxygen atoms in total. The number of likely N-dealkylation sites (tertiary alicyclic amines) is 1. The number of nitrogens with zero attached hydrogens (tertiary/aromatic N) is 1. The van der Waals surface area contributed by atoms with E-state index in [2.05, 4.69) is 17.1 Å². The Bertz CT molecular complexity index is 356. The number of nitrogens with one attached hydrogen (secondary N) is 1. The zero-order chi connectivity index (χ0) is 14.9. The highest BCUT2D eigenvalue weighted by molar-refractivity contribution is 5.70. The lowest BCUT2D eigenvalue weighted by Gasteiger charge is -2.47. The lowest BCUT2D eigenvalue weighted by Crippen LogP contribution is -2.57. The first kappa shape index (κ1) is 15.6. The third-order valence-electron chi connectivity index (χ3n) is 4.28. The predicted molar refractivity (Wildman–Crippen MR) is 67.3 cm³/mol. The average molecular weight is 294 g/mol. The summed E-state index contributed by atoms with van der Waals surface area (Å²) in [5.41, 5.74) is 0. The maximum absolute atomic E-state index is 12.3. The molecule has 0 spiro atoms. The van der Waals surface area contributed by atoms with Gasteiger partial charge in [0.25, 0.3) is 0 Å². The molecular formula is C13H21F3N2O2. The zero-order valence-corrected chi connectivity index (χ0v) is 11.5. The second-order valence-electron chi connectivity index (χ2n) is 6.15. The minimum Gasteiger partial charge on any atom is -0.481 e. The van der Waals surface area contributed by atoms with Crippen LogP contribution in [-0.2, 0) is 4.79 Å². The smallest absolute Gasteiger partial charge is 0.401 e. The van der Waals surface area contributed by atoms with E-state index in [-0.39, 0.29) is 6.42 Å². The van der Waals surface area contributed by atoms with Crippen LogP contribution in [0.5, 0.6) is 0 Å². The van der Waals surface area contributed by atoms with Gasteiger partial charge in [-0.2, -0.15) is 13.2 Å². The van der Waals surface area contributed by atoms with Crippen LogP contribution >= 0.6 is 0 Å². The van der Waals surface area contributed by atoms with Crippen LogP contribution in [0.3, 0.4) is 0 Å². The monoisotopic (exact) mass is 294 g/mol. The topological polar surface area (TPSA) is 52.6 Å². The van der Waals surface area contributed by atoms with Gasteiger partial charge in [0.1, 0.15) is 0 Å². The summed E-state index contributed by atoms with van der Waals surface area (Å²) in [6, 6.07) is -0.0651. The largest absolute Gasteiger partial charge is 0.481 e. The van der Waals surface area contributed by atoms with E-state index in [4.69, 9.17) is 5.11 Å². The van der Waals surface area contributed by atoms with Gasteiger partial charge in [0, 0.05) is 25.2 Å². The Morgan fingerprint density at radius 2 is 1.95 bits per heavy atom. The van der Waals surface area contributed by atoms with Crippen molar-refractivity contribution in [3.05, 3.63) is 0 Å². The number of piperidine rings is 1. The standard InChI is InChI=1S/C13H21F3N2O2/c1-8-2-11(3-8)18-5-9(12(19)20)4-10(6-18)17-7-13(14,15)16/h8-11,17H,2-7H2,1H3,(H,19,20). The molecule has 2 rings (SSSR count). The van der Waals surface area contributed by atoms with E-state index < -0.39 is 30.7 Å². The summed E-state index contributed by atoms with van der Waals surface area (Å²) in [7, 11) is 0. The van der Waals surface area contributed by atoms with Crippen LogP contribution in [0.2, 0.25) is 0 Å². The fraction of sp³-hybridized carbons (Fsp3) is 0.923. The fourth-order valence-corrected chi connectivity index (χ4v) is 3.18. The quantitative estimate of drug-likeness (QED) is 0.829. The zero-order valence-electron chi connectivity index (χ0n) is 11.5. The first-order valence-electron chi connectivity index (χ1n) is 7.01. The molecule has 0 radical (unpaired) electrons. The number of carbonyl (C=O) groups is 1. The molecule has 0 amide bonds. The summed E-state index contributed by atoms with van der Waals surface area (Å²) < 4.78 is 36.8. The van der Waals surface area contributed by atoms with Crippen LogP contribution in [-0.4, -0.2) is 53.9 Å². The molecule has 116 valence electrons. The predicted octanol–water partition coefficient (Wildman–Crippen LogP) is 1.71. The minimum absolute atomic E-state index is 0.268. The van der Waals surface area contributed by atoms with E-state index in [1.807, 2.05) is 0 Å². The van der Waals surface area contributed by atoms with Crippen molar-refractivity contribution in [2.24, 2.45) is 11.8 Å². The Morgan fingerprint density at radius 1 is 1.30 bits per heavy atom. The molecule has 7 heteroatoms. The first-order chi connectivity index (χ1) is 9.24. The molecule has 2 atom stereocenters. The van der Waals surface area contributed by atoms with Crippen molar-refractivity contribution in [3.63, 3.8) is 0 Å². The van der Waals surface area contributed by atoms with Crippen molar-refractivity contribution >= 4 is 5.97 Å². The van der Waals surface area contributed by atoms with E-state index >= 15 is 0 Å². The summed E-state index contributed by atoms with van der Waals surface area (Å²) in [5.74, 6) is -0.863. The third-order valence-corrected chi connectivity index (χ3v) is 4.28. The number of hydrogen-bond donors (Lipinski definition) is 2. The number of alkyl halides is 3. The lowest BCUT2D eigenvalue weighted by atomic mass is 9.79. The van der Waals surface area contributed by atoms with E-state index in [1.165, 1.54) is 0 Å². The third kappa shape index (κ3) is 4.09. The molecule has 2 aliphatic rings. The first-order valence-corrected chi connectivity index (χ1v) is 7.01. The number of aliphatic carboxylic acids is 1. The van der Waals surface area contributed by atoms with E-state index in [1.54, 1.807) is 0 Å². The molecule has 0 aromatic carbocycles. The van der Waals surface area contributed by atoms with E-state index in [0.717, 1.165) is 12.8 Å². The Kier molecular flexibility index (Phi) is 4.59. The highest BCUT2D eigenvalue weighted by Gasteiger charge is 2.39. The Morgan fingerprint density at radius 3 is 2.45 bits per heavy atom. The van der Waals surface area contributed by atoms with Crippen molar-refractivity contribution in [1.29, 1.82) is 0 Å². The van der Waals surface area contributed by atoms with Gasteiger partial charge in [-0.25, -0.2) is 0 Å². The minimum atomic E-state index is -4.26. The number of halogens is 3. The fourth-order valence-electron chi connectivity index (χ4n) is 3.18. The Labute approximate surface area is 116 Å². The van der Waals surface area contributed by atoms with E-state index in [0.29, 0.717) is 25.0 Å². The molecule has 0 aromatic heterocycles. The average Bonchev–Trinajstić information content (AvgIpc) is 2.31. The maximum Gasteiger partial charge on any atom is 0.401 e. The summed E-state index contributed by atoms with van der Waals surface area (Å²) in [6.45, 7) is 2.04. The Balaban J connectivity index is 1.92. The second-order valence-corrected chi connectivity index (χ2v) is 6.15. The highest BCUT2D eigenvalue weighted by atomic mass is 19.4. The molecule has 1 saturated heterocycles. The molecule has 2 unspecified atom stereocenters. The van der Waals surface area contributed by atoms with Crippen LogP contribution in [0.4, 0.5) is 13.2 Å². The molecule has 1 aliphatic heterocycles. The van der Waals surface area contributed by atoms with Gasteiger partial charge in [-0.05, 0) is 25.2 Å². The van der Waals surface area contributed by atoms with Gasteiger partial charge < -0.3 is 10.4 Å². The van der Waals surface area contributed by atoms with Gasteiger partial charge in [0.15, 0.2) is 0 Å². The van der Waals surface area contributed by atoms with Crippen molar-refractivity contribution in [3.8, 4) is 0 Å². The molecule has 0 bridgehead atoms. The molecule has 1 heterocycles. The van der Waals surface area contributed by atoms with E-state index in [9.17, 15) is 18.0 Å². The van der Waals surface area contributed by atoms with Crippen molar-refractivity contribution in [2.45, 2.75) is 44.4 Å². The summed E-state index contributed by atoms with van der Waals surface area (Å²) in [5, 5.41) is 11.6. The van der Waals surface area contributed by atoms with Crippen molar-refractivity contribution in [1.82, 2.24) is 10.2 Å². The maximum atomic E-state index is 12.3. The lowest BCUT2D eigenvalue weighted by molar-refractivity contribution is -0.145. The molecular weight excluding hydrogens is 273 g/mol. The van der Waals surface area contributed by atoms with Crippen LogP contribution in [0.15, 0.2) is 0 Å². The van der Waals surface area contributed by atoms with Crippen LogP contribution in [0, 0.1) is 11.8 Å². The number of carboxylic acid groups (broad SMARTS) is 1. The van der Waals surface area contributed by atoms with Gasteiger partial charge in [-0.15, -0.1) is 0 Å². The van der Waals surface area contributed by atoms with Gasteiger partial charge in [-0.1, -0.05) is 6.92 Å². The molecule has 2 fully saturated rings. The van der Waals surface area contributed by atoms with Gasteiger partial charge in [-0.3, -0.25) is 9.69 Å². The summed E-state index contributed by atoms with van der Waals surface area (Å²) in [6.07, 6.45) is -1.97. The summed E-state index contributed by atoms with van der Waals surface area (Å²) >= 11 is 0. The van der Waals surface area contributed by atoms with Crippen LogP contribution in [0.1, 0.15) is 26.2 Å². The number of hydrogen-bond acceptors (Lipinski definition) is 3. The molecule has 2 N–H and O–H groups in total. The SMILES string of the molecule is CC1CC(N2CC(NCC(F)(F)F)CC(C(=O)O)C2)C1. The van der Waals surface area contributed by atoms with Gasteiger partial charge in [0.2, 0.25) is 0 Å². The molecule has 0 aromatic rings. The van der Waals surface area contributed by atoms with Crippen molar-refractivity contribution in [2.75, 3.05) is 19.6 Å².